The number of ether oxygens (including phenoxy) is 1. The second kappa shape index (κ2) is 5.84. The summed E-state index contributed by atoms with van der Waals surface area (Å²) in [5, 5.41) is 10.3. The van der Waals surface area contributed by atoms with Gasteiger partial charge in [-0.2, -0.15) is 5.26 Å². The van der Waals surface area contributed by atoms with Gasteiger partial charge < -0.3 is 10.5 Å². The number of hydrogen-bond donors (Lipinski definition) is 1. The summed E-state index contributed by atoms with van der Waals surface area (Å²) in [6, 6.07) is 6.12. The second-order valence-electron chi connectivity index (χ2n) is 5.72. The van der Waals surface area contributed by atoms with E-state index in [1.807, 2.05) is 37.5 Å². The number of benzene rings is 1. The third-order valence-corrected chi connectivity index (χ3v) is 5.29. The van der Waals surface area contributed by atoms with E-state index < -0.39 is 0 Å². The number of nitrogen functional groups attached to an aromatic ring is 1. The molecular formula is C18H17BrN4O. The van der Waals surface area contributed by atoms with Crippen LogP contribution in [-0.4, -0.2) is 16.7 Å². The van der Waals surface area contributed by atoms with Crippen LogP contribution in [0.1, 0.15) is 22.3 Å². The lowest BCUT2D eigenvalue weighted by Gasteiger charge is -2.16. The van der Waals surface area contributed by atoms with Crippen LogP contribution >= 0.6 is 15.9 Å². The van der Waals surface area contributed by atoms with Gasteiger partial charge in [-0.1, -0.05) is 6.07 Å². The highest BCUT2D eigenvalue weighted by Crippen LogP contribution is 2.38. The van der Waals surface area contributed by atoms with Gasteiger partial charge >= 0.3 is 0 Å². The maximum atomic E-state index is 9.61. The summed E-state index contributed by atoms with van der Waals surface area (Å²) in [6.45, 7) is 5.91. The minimum Gasteiger partial charge on any atom is -0.496 e. The van der Waals surface area contributed by atoms with E-state index in [1.54, 1.807) is 13.3 Å². The molecule has 2 N–H and O–H groups in total. The lowest BCUT2D eigenvalue weighted by Crippen LogP contribution is -2.06. The first kappa shape index (κ1) is 16.3. The van der Waals surface area contributed by atoms with Crippen molar-refractivity contribution in [2.24, 2.45) is 0 Å². The van der Waals surface area contributed by atoms with E-state index in [-0.39, 0.29) is 0 Å². The van der Waals surface area contributed by atoms with Gasteiger partial charge in [0.25, 0.3) is 0 Å². The molecule has 3 rings (SSSR count). The Labute approximate surface area is 148 Å². The summed E-state index contributed by atoms with van der Waals surface area (Å²) in [5.74, 6) is 1.15. The van der Waals surface area contributed by atoms with Crippen LogP contribution in [0.25, 0.3) is 16.7 Å². The Kier molecular flexibility index (Phi) is 3.98. The number of methoxy groups -OCH3 is 1. The van der Waals surface area contributed by atoms with Gasteiger partial charge in [-0.3, -0.25) is 4.57 Å². The van der Waals surface area contributed by atoms with Crippen LogP contribution in [0.3, 0.4) is 0 Å². The van der Waals surface area contributed by atoms with Gasteiger partial charge in [-0.05, 0) is 53.9 Å². The van der Waals surface area contributed by atoms with Gasteiger partial charge in [-0.15, -0.1) is 0 Å². The largest absolute Gasteiger partial charge is 0.496 e. The molecule has 122 valence electrons. The number of aryl methyl sites for hydroxylation is 2. The highest BCUT2D eigenvalue weighted by atomic mass is 79.9. The van der Waals surface area contributed by atoms with Crippen molar-refractivity contribution in [3.05, 3.63) is 45.1 Å². The second-order valence-corrected chi connectivity index (χ2v) is 6.51. The molecule has 0 saturated carbocycles. The first-order valence-corrected chi connectivity index (χ1v) is 8.21. The van der Waals surface area contributed by atoms with Crippen LogP contribution in [0.2, 0.25) is 0 Å². The van der Waals surface area contributed by atoms with Crippen molar-refractivity contribution in [2.45, 2.75) is 20.8 Å². The maximum Gasteiger partial charge on any atom is 0.148 e. The van der Waals surface area contributed by atoms with Gasteiger partial charge in [0.15, 0.2) is 0 Å². The number of nitrogens with zero attached hydrogens (tertiary/aromatic N) is 3. The van der Waals surface area contributed by atoms with Gasteiger partial charge in [-0.25, -0.2) is 4.98 Å². The van der Waals surface area contributed by atoms with Gasteiger partial charge in [0.05, 0.1) is 18.2 Å². The number of pyridine rings is 1. The third-order valence-electron chi connectivity index (χ3n) is 4.27. The zero-order valence-electron chi connectivity index (χ0n) is 13.9. The molecule has 2 heterocycles. The monoisotopic (exact) mass is 384 g/mol. The highest BCUT2D eigenvalue weighted by molar-refractivity contribution is 9.10. The number of nitrogens with two attached hydrogens (primary N) is 1. The lowest BCUT2D eigenvalue weighted by molar-refractivity contribution is 0.411. The minimum atomic E-state index is 0.380. The van der Waals surface area contributed by atoms with Crippen molar-refractivity contribution < 1.29 is 4.74 Å². The van der Waals surface area contributed by atoms with Crippen molar-refractivity contribution in [1.29, 1.82) is 5.26 Å². The predicted molar refractivity (Wildman–Crippen MR) is 98.7 cm³/mol. The topological polar surface area (TPSA) is 76.9 Å². The average Bonchev–Trinajstić information content (AvgIpc) is 2.84. The molecule has 0 spiro atoms. The first-order valence-electron chi connectivity index (χ1n) is 7.42. The van der Waals surface area contributed by atoms with Crippen molar-refractivity contribution in [3.8, 4) is 17.5 Å². The summed E-state index contributed by atoms with van der Waals surface area (Å²) in [4.78, 5) is 4.55. The smallest absolute Gasteiger partial charge is 0.148 e. The number of halogens is 1. The molecule has 0 atom stereocenters. The molecule has 2 aromatic heterocycles. The van der Waals surface area contributed by atoms with Crippen LogP contribution in [0.4, 0.5) is 5.82 Å². The van der Waals surface area contributed by atoms with Gasteiger partial charge in [0.1, 0.15) is 28.8 Å². The SMILES string of the molecule is COc1ccc(C)c(-n2c(N)c(C#N)c3c(Br)c(C)cnc32)c1C. The summed E-state index contributed by atoms with van der Waals surface area (Å²) in [6.07, 6.45) is 1.77. The fourth-order valence-corrected chi connectivity index (χ4v) is 3.52. The Morgan fingerprint density at radius 1 is 1.25 bits per heavy atom. The highest BCUT2D eigenvalue weighted by Gasteiger charge is 2.23. The zero-order valence-corrected chi connectivity index (χ0v) is 15.5. The minimum absolute atomic E-state index is 0.380. The van der Waals surface area contributed by atoms with Crippen LogP contribution in [0.15, 0.2) is 22.8 Å². The van der Waals surface area contributed by atoms with Crippen molar-refractivity contribution in [1.82, 2.24) is 9.55 Å². The molecule has 0 radical (unpaired) electrons. The molecule has 0 fully saturated rings. The maximum absolute atomic E-state index is 9.61. The van der Waals surface area contributed by atoms with Gasteiger partial charge in [0.2, 0.25) is 0 Å². The Hall–Kier alpha value is -2.52. The molecule has 24 heavy (non-hydrogen) atoms. The summed E-state index contributed by atoms with van der Waals surface area (Å²) in [5.41, 5.74) is 11.2. The molecule has 0 aliphatic carbocycles. The molecule has 0 amide bonds. The predicted octanol–water partition coefficient (Wildman–Crippen LogP) is 4.18. The van der Waals surface area contributed by atoms with Crippen molar-refractivity contribution >= 4 is 32.8 Å². The molecule has 0 saturated heterocycles. The lowest BCUT2D eigenvalue weighted by atomic mass is 10.1. The molecule has 5 nitrogen and oxygen atoms in total. The Balaban J connectivity index is 2.52. The fraction of sp³-hybridized carbons (Fsp3) is 0.222. The molecule has 0 bridgehead atoms. The average molecular weight is 385 g/mol. The summed E-state index contributed by atoms with van der Waals surface area (Å²) >= 11 is 3.57. The third kappa shape index (κ3) is 2.16. The van der Waals surface area contributed by atoms with Crippen LogP contribution in [0, 0.1) is 32.1 Å². The van der Waals surface area contributed by atoms with E-state index in [9.17, 15) is 5.26 Å². The first-order chi connectivity index (χ1) is 11.4. The molecule has 0 aliphatic heterocycles. The van der Waals surface area contributed by atoms with E-state index in [2.05, 4.69) is 27.0 Å². The Bertz CT molecular complexity index is 1010. The number of anilines is 1. The quantitative estimate of drug-likeness (QED) is 0.718. The Morgan fingerprint density at radius 2 is 1.96 bits per heavy atom. The zero-order chi connectivity index (χ0) is 17.6. The van der Waals surface area contributed by atoms with E-state index in [1.165, 1.54) is 0 Å². The molecule has 6 heteroatoms. The van der Waals surface area contributed by atoms with Crippen LogP contribution < -0.4 is 10.5 Å². The van der Waals surface area contributed by atoms with Gasteiger partial charge in [0, 0.05) is 16.2 Å². The summed E-state index contributed by atoms with van der Waals surface area (Å²) in [7, 11) is 1.64. The summed E-state index contributed by atoms with van der Waals surface area (Å²) < 4.78 is 8.12. The molecule has 0 unspecified atom stereocenters. The Morgan fingerprint density at radius 3 is 2.58 bits per heavy atom. The molecular weight excluding hydrogens is 368 g/mol. The van der Waals surface area contributed by atoms with E-state index in [4.69, 9.17) is 10.5 Å². The molecule has 3 aromatic rings. The number of rotatable bonds is 2. The van der Waals surface area contributed by atoms with E-state index in [0.29, 0.717) is 17.0 Å². The van der Waals surface area contributed by atoms with E-state index in [0.717, 1.165) is 38.0 Å². The van der Waals surface area contributed by atoms with E-state index >= 15 is 0 Å². The number of aromatic nitrogens is 2. The van der Waals surface area contributed by atoms with Crippen LogP contribution in [-0.2, 0) is 0 Å². The van der Waals surface area contributed by atoms with Crippen molar-refractivity contribution in [2.75, 3.05) is 12.8 Å². The number of nitriles is 1. The van der Waals surface area contributed by atoms with Crippen LogP contribution in [0.5, 0.6) is 5.75 Å². The standard InChI is InChI=1S/C18H17BrN4O/c1-9-5-6-13(24-4)11(3)16(9)23-17(21)12(7-20)14-15(19)10(2)8-22-18(14)23/h5-6,8H,21H2,1-4H3. The number of hydrogen-bond acceptors (Lipinski definition) is 4. The molecule has 0 aliphatic rings. The molecule has 1 aromatic carbocycles. The number of fused-ring (bicyclic) bond motifs is 1. The fourth-order valence-electron chi connectivity index (χ4n) is 3.04. The van der Waals surface area contributed by atoms with Crippen molar-refractivity contribution in [3.63, 3.8) is 0 Å². The normalized spacial score (nSPS) is 10.8.